The van der Waals surface area contributed by atoms with Gasteiger partial charge in [0, 0.05) is 0 Å². The lowest BCUT2D eigenvalue weighted by molar-refractivity contribution is -0.159. The van der Waals surface area contributed by atoms with E-state index in [1.165, 1.54) is 0 Å². The fourth-order valence-electron chi connectivity index (χ4n) is 0.555. The van der Waals surface area contributed by atoms with Crippen molar-refractivity contribution in [2.75, 3.05) is 14.2 Å². The predicted molar refractivity (Wildman–Crippen MR) is 38.2 cm³/mol. The van der Waals surface area contributed by atoms with Crippen LogP contribution < -0.4 is 0 Å². The number of methoxy groups -OCH3 is 2. The summed E-state index contributed by atoms with van der Waals surface area (Å²) in [5.74, 6) is -2.08. The summed E-state index contributed by atoms with van der Waals surface area (Å²) in [6, 6.07) is 0. The van der Waals surface area contributed by atoms with Crippen LogP contribution in [-0.2, 0) is 19.1 Å². The normalized spacial score (nSPS) is 10.2. The first-order valence-electron chi connectivity index (χ1n) is 3.04. The van der Waals surface area contributed by atoms with Gasteiger partial charge in [-0.15, -0.1) is 4.91 Å². The van der Waals surface area contributed by atoms with Crippen LogP contribution in [-0.4, -0.2) is 31.7 Å². The molecule has 0 bridgehead atoms. The molecule has 0 N–H and O–H groups in total. The van der Waals surface area contributed by atoms with E-state index in [0.717, 1.165) is 21.1 Å². The summed E-state index contributed by atoms with van der Waals surface area (Å²) in [6.07, 6.45) is 0. The molecule has 0 amide bonds. The highest BCUT2D eigenvalue weighted by Crippen LogP contribution is 2.13. The second-order valence-corrected chi connectivity index (χ2v) is 2.15. The molecule has 0 aromatic carbocycles. The molecule has 0 atom stereocenters. The Balaban J connectivity index is 4.79. The van der Waals surface area contributed by atoms with Crippen LogP contribution in [0.4, 0.5) is 0 Å². The number of carbonyl (C=O) groups is 2. The van der Waals surface area contributed by atoms with Gasteiger partial charge in [0.05, 0.1) is 14.2 Å². The Hall–Kier alpha value is -1.46. The molecule has 0 rings (SSSR count). The van der Waals surface area contributed by atoms with Crippen molar-refractivity contribution in [2.24, 2.45) is 5.18 Å². The number of carbonyl (C=O) groups excluding carboxylic acids is 2. The van der Waals surface area contributed by atoms with E-state index in [-0.39, 0.29) is 0 Å². The van der Waals surface area contributed by atoms with Crippen LogP contribution in [0.3, 0.4) is 0 Å². The fraction of sp³-hybridized carbons (Fsp3) is 0.667. The zero-order valence-electron chi connectivity index (χ0n) is 6.99. The van der Waals surface area contributed by atoms with Crippen LogP contribution in [0.1, 0.15) is 6.92 Å². The van der Waals surface area contributed by atoms with Crippen molar-refractivity contribution >= 4 is 11.9 Å². The Labute approximate surface area is 68.8 Å². The van der Waals surface area contributed by atoms with E-state index >= 15 is 0 Å². The molecule has 0 aromatic rings. The van der Waals surface area contributed by atoms with Crippen LogP contribution >= 0.6 is 0 Å². The number of nitroso groups, excluding NO2 is 1. The van der Waals surface area contributed by atoms with Gasteiger partial charge in [-0.25, -0.2) is 9.59 Å². The Morgan fingerprint density at radius 1 is 1.17 bits per heavy atom. The van der Waals surface area contributed by atoms with Crippen molar-refractivity contribution in [2.45, 2.75) is 12.5 Å². The van der Waals surface area contributed by atoms with Crippen molar-refractivity contribution in [3.05, 3.63) is 4.91 Å². The monoisotopic (exact) mass is 175 g/mol. The standard InChI is InChI=1S/C6H9NO5/c1-6(7-10,4(8)11-2)5(9)12-3/h1-3H3. The second kappa shape index (κ2) is 3.80. The van der Waals surface area contributed by atoms with Gasteiger partial charge in [-0.1, -0.05) is 0 Å². The van der Waals surface area contributed by atoms with Gasteiger partial charge < -0.3 is 9.47 Å². The maximum absolute atomic E-state index is 10.8. The van der Waals surface area contributed by atoms with E-state index in [1.54, 1.807) is 0 Å². The molecule has 0 fully saturated rings. The summed E-state index contributed by atoms with van der Waals surface area (Å²) in [5.41, 5.74) is -2.09. The lowest BCUT2D eigenvalue weighted by atomic mass is 10.1. The van der Waals surface area contributed by atoms with E-state index in [9.17, 15) is 14.5 Å². The minimum absolute atomic E-state index is 1.03. The third-order valence-corrected chi connectivity index (χ3v) is 1.35. The molecule has 0 aromatic heterocycles. The first-order chi connectivity index (χ1) is 5.52. The SMILES string of the molecule is COC(=O)C(C)(N=O)C(=O)OC. The van der Waals surface area contributed by atoms with Crippen LogP contribution in [0.2, 0.25) is 0 Å². The van der Waals surface area contributed by atoms with Gasteiger partial charge in [-0.05, 0) is 12.1 Å². The first kappa shape index (κ1) is 10.5. The van der Waals surface area contributed by atoms with Crippen LogP contribution in [0.5, 0.6) is 0 Å². The van der Waals surface area contributed by atoms with Crippen LogP contribution in [0.15, 0.2) is 5.18 Å². The van der Waals surface area contributed by atoms with Crippen molar-refractivity contribution < 1.29 is 19.1 Å². The molecule has 6 nitrogen and oxygen atoms in total. The van der Waals surface area contributed by atoms with Gasteiger partial charge in [-0.3, -0.25) is 0 Å². The summed E-state index contributed by atoms with van der Waals surface area (Å²) in [7, 11) is 2.10. The lowest BCUT2D eigenvalue weighted by Gasteiger charge is -2.14. The third kappa shape index (κ3) is 1.58. The maximum Gasteiger partial charge on any atom is 0.349 e. The van der Waals surface area contributed by atoms with Crippen molar-refractivity contribution in [1.29, 1.82) is 0 Å². The number of hydrogen-bond donors (Lipinski definition) is 0. The topological polar surface area (TPSA) is 82.0 Å². The van der Waals surface area contributed by atoms with Gasteiger partial charge in [-0.2, -0.15) is 0 Å². The summed E-state index contributed by atoms with van der Waals surface area (Å²) < 4.78 is 8.39. The molecule has 0 spiro atoms. The number of nitrogens with zero attached hydrogens (tertiary/aromatic N) is 1. The van der Waals surface area contributed by atoms with Gasteiger partial charge in [0.2, 0.25) is 0 Å². The molecule has 0 heterocycles. The van der Waals surface area contributed by atoms with E-state index in [2.05, 4.69) is 14.7 Å². The maximum atomic E-state index is 10.8. The molecule has 0 aliphatic heterocycles. The van der Waals surface area contributed by atoms with E-state index in [4.69, 9.17) is 0 Å². The van der Waals surface area contributed by atoms with Crippen molar-refractivity contribution in [3.63, 3.8) is 0 Å². The summed E-state index contributed by atoms with van der Waals surface area (Å²) >= 11 is 0. The molecule has 0 aliphatic carbocycles. The molecular formula is C6H9NO5. The molecule has 0 saturated carbocycles. The van der Waals surface area contributed by atoms with Crippen molar-refractivity contribution in [3.8, 4) is 0 Å². The average molecular weight is 175 g/mol. The molecule has 12 heavy (non-hydrogen) atoms. The Bertz CT molecular complexity index is 196. The molecule has 0 aliphatic rings. The Morgan fingerprint density at radius 2 is 1.50 bits per heavy atom. The Kier molecular flexibility index (Phi) is 3.33. The highest BCUT2D eigenvalue weighted by Gasteiger charge is 2.46. The summed E-state index contributed by atoms with van der Waals surface area (Å²) in [4.78, 5) is 31.9. The summed E-state index contributed by atoms with van der Waals surface area (Å²) in [6.45, 7) is 1.03. The van der Waals surface area contributed by atoms with Gasteiger partial charge in [0.25, 0.3) is 5.54 Å². The first-order valence-corrected chi connectivity index (χ1v) is 3.04. The largest absolute Gasteiger partial charge is 0.467 e. The predicted octanol–water partition coefficient (Wildman–Crippen LogP) is -0.143. The molecule has 0 radical (unpaired) electrons. The average Bonchev–Trinajstić information content (AvgIpc) is 2.13. The number of ether oxygens (including phenoxy) is 2. The van der Waals surface area contributed by atoms with E-state index in [0.29, 0.717) is 0 Å². The molecule has 68 valence electrons. The quantitative estimate of drug-likeness (QED) is 0.338. The van der Waals surface area contributed by atoms with Gasteiger partial charge in [0.15, 0.2) is 0 Å². The highest BCUT2D eigenvalue weighted by atomic mass is 16.5. The molecule has 6 heteroatoms. The molecular weight excluding hydrogens is 166 g/mol. The number of rotatable bonds is 3. The second-order valence-electron chi connectivity index (χ2n) is 2.15. The smallest absolute Gasteiger partial charge is 0.349 e. The minimum Gasteiger partial charge on any atom is -0.467 e. The molecule has 0 saturated heterocycles. The lowest BCUT2D eigenvalue weighted by Crippen LogP contribution is -2.43. The van der Waals surface area contributed by atoms with Crippen LogP contribution in [0.25, 0.3) is 0 Å². The third-order valence-electron chi connectivity index (χ3n) is 1.35. The highest BCUT2D eigenvalue weighted by molar-refractivity contribution is 6.04. The molecule has 0 unspecified atom stereocenters. The zero-order valence-corrected chi connectivity index (χ0v) is 6.99. The number of esters is 2. The zero-order chi connectivity index (χ0) is 9.78. The fourth-order valence-corrected chi connectivity index (χ4v) is 0.555. The van der Waals surface area contributed by atoms with Crippen LogP contribution in [0, 0.1) is 4.91 Å². The van der Waals surface area contributed by atoms with Crippen molar-refractivity contribution in [1.82, 2.24) is 0 Å². The Morgan fingerprint density at radius 3 is 1.67 bits per heavy atom. The van der Waals surface area contributed by atoms with Gasteiger partial charge >= 0.3 is 11.9 Å². The van der Waals surface area contributed by atoms with E-state index < -0.39 is 17.5 Å². The summed E-state index contributed by atoms with van der Waals surface area (Å²) in [5, 5.41) is 2.36. The minimum atomic E-state index is -2.09. The number of hydrogen-bond acceptors (Lipinski definition) is 6. The van der Waals surface area contributed by atoms with Gasteiger partial charge in [0.1, 0.15) is 0 Å². The van der Waals surface area contributed by atoms with E-state index in [1.807, 2.05) is 0 Å².